The van der Waals surface area contributed by atoms with Crippen molar-refractivity contribution in [1.82, 2.24) is 14.7 Å². The third-order valence-electron chi connectivity index (χ3n) is 2.68. The fourth-order valence-corrected chi connectivity index (χ4v) is 3.83. The van der Waals surface area contributed by atoms with E-state index in [4.69, 9.17) is 5.11 Å². The maximum absolute atomic E-state index is 12.1. The number of aliphatic hydroxyl groups is 1. The number of nitrogens with one attached hydrogen (secondary N) is 2. The Morgan fingerprint density at radius 2 is 2.20 bits per heavy atom. The molecule has 20 heavy (non-hydrogen) atoms. The number of hydrogen-bond donors (Lipinski definition) is 3. The Balaban J connectivity index is 2.06. The second-order valence-corrected chi connectivity index (χ2v) is 6.70. The topological polar surface area (TPSA) is 95.1 Å². The zero-order valence-electron chi connectivity index (χ0n) is 10.5. The number of sulfonamides is 1. The van der Waals surface area contributed by atoms with Gasteiger partial charge < -0.3 is 10.1 Å². The molecule has 0 bridgehead atoms. The van der Waals surface area contributed by atoms with Crippen LogP contribution in [0.4, 0.5) is 0 Å². The summed E-state index contributed by atoms with van der Waals surface area (Å²) in [5.74, 6) is 0.724. The first kappa shape index (κ1) is 15.2. The highest BCUT2D eigenvalue weighted by Crippen LogP contribution is 2.23. The van der Waals surface area contributed by atoms with Gasteiger partial charge in [0.2, 0.25) is 10.0 Å². The second-order valence-electron chi connectivity index (χ2n) is 4.11. The van der Waals surface area contributed by atoms with Crippen LogP contribution in [0.3, 0.4) is 0 Å². The smallest absolute Gasteiger partial charge is 0.241 e. The van der Waals surface area contributed by atoms with Crippen molar-refractivity contribution in [3.05, 3.63) is 46.5 Å². The van der Waals surface area contributed by atoms with Crippen molar-refractivity contribution >= 4 is 26.0 Å². The largest absolute Gasteiger partial charge is 0.392 e. The van der Waals surface area contributed by atoms with Crippen LogP contribution in [0, 0.1) is 0 Å². The Labute approximate surface area is 125 Å². The lowest BCUT2D eigenvalue weighted by molar-refractivity contribution is 0.281. The summed E-state index contributed by atoms with van der Waals surface area (Å²) in [7, 11) is -3.59. The third kappa shape index (κ3) is 3.66. The lowest BCUT2D eigenvalue weighted by atomic mass is 10.2. The highest BCUT2D eigenvalue weighted by Gasteiger charge is 2.17. The van der Waals surface area contributed by atoms with Gasteiger partial charge in [0.05, 0.1) is 11.5 Å². The third-order valence-corrected chi connectivity index (χ3v) is 5.11. The van der Waals surface area contributed by atoms with Gasteiger partial charge in [-0.2, -0.15) is 0 Å². The molecule has 0 amide bonds. The molecule has 0 saturated heterocycles. The van der Waals surface area contributed by atoms with Crippen LogP contribution in [0.5, 0.6) is 0 Å². The number of H-pyrrole nitrogens is 1. The number of aromatic nitrogens is 2. The molecular weight excluding hydrogens is 346 g/mol. The molecule has 2 aromatic rings. The van der Waals surface area contributed by atoms with E-state index in [-0.39, 0.29) is 18.0 Å². The fourth-order valence-electron chi connectivity index (χ4n) is 1.68. The zero-order valence-corrected chi connectivity index (χ0v) is 12.9. The average molecular weight is 360 g/mol. The first-order valence-electron chi connectivity index (χ1n) is 5.90. The van der Waals surface area contributed by atoms with Crippen LogP contribution < -0.4 is 4.72 Å². The predicted molar refractivity (Wildman–Crippen MR) is 77.5 cm³/mol. The van der Waals surface area contributed by atoms with Crippen molar-refractivity contribution in [2.45, 2.75) is 17.9 Å². The Hall–Kier alpha value is -1.22. The van der Waals surface area contributed by atoms with Gasteiger partial charge in [-0.3, -0.25) is 0 Å². The molecule has 2 rings (SSSR count). The number of aromatic amines is 1. The zero-order chi connectivity index (χ0) is 14.6. The molecule has 3 N–H and O–H groups in total. The minimum Gasteiger partial charge on any atom is -0.392 e. The van der Waals surface area contributed by atoms with E-state index in [9.17, 15) is 8.42 Å². The summed E-state index contributed by atoms with van der Waals surface area (Å²) in [4.78, 5) is 7.08. The van der Waals surface area contributed by atoms with Crippen LogP contribution in [0.25, 0.3) is 0 Å². The van der Waals surface area contributed by atoms with Gasteiger partial charge in [-0.1, -0.05) is 6.07 Å². The SMILES string of the molecule is O=S(=O)(NCCc1ncc[nH]1)c1ccc(CO)cc1Br. The second kappa shape index (κ2) is 6.49. The maximum Gasteiger partial charge on any atom is 0.241 e. The Morgan fingerprint density at radius 3 is 2.80 bits per heavy atom. The van der Waals surface area contributed by atoms with E-state index in [1.54, 1.807) is 24.5 Å². The summed E-state index contributed by atoms with van der Waals surface area (Å²) >= 11 is 3.21. The molecule has 0 spiro atoms. The molecule has 1 aromatic carbocycles. The first-order chi connectivity index (χ1) is 9.53. The highest BCUT2D eigenvalue weighted by atomic mass is 79.9. The minimum atomic E-state index is -3.59. The monoisotopic (exact) mass is 359 g/mol. The molecule has 1 heterocycles. The van der Waals surface area contributed by atoms with Crippen LogP contribution in [-0.4, -0.2) is 30.0 Å². The lowest BCUT2D eigenvalue weighted by Gasteiger charge is -2.09. The average Bonchev–Trinajstić information content (AvgIpc) is 2.91. The van der Waals surface area contributed by atoms with E-state index >= 15 is 0 Å². The number of halogens is 1. The van der Waals surface area contributed by atoms with E-state index in [0.717, 1.165) is 5.82 Å². The van der Waals surface area contributed by atoms with E-state index < -0.39 is 10.0 Å². The van der Waals surface area contributed by atoms with Crippen molar-refractivity contribution in [3.8, 4) is 0 Å². The van der Waals surface area contributed by atoms with E-state index in [1.165, 1.54) is 6.07 Å². The number of nitrogens with zero attached hydrogens (tertiary/aromatic N) is 1. The molecule has 0 aliphatic carbocycles. The number of imidazole rings is 1. The van der Waals surface area contributed by atoms with Crippen LogP contribution in [0.2, 0.25) is 0 Å². The van der Waals surface area contributed by atoms with Crippen LogP contribution in [0.15, 0.2) is 40.0 Å². The summed E-state index contributed by atoms with van der Waals surface area (Å²) in [5, 5.41) is 9.01. The molecule has 0 aliphatic rings. The summed E-state index contributed by atoms with van der Waals surface area (Å²) in [5.41, 5.74) is 0.645. The van der Waals surface area contributed by atoms with Crippen molar-refractivity contribution in [2.75, 3.05) is 6.54 Å². The summed E-state index contributed by atoms with van der Waals surface area (Å²) in [6.45, 7) is 0.120. The molecule has 0 atom stereocenters. The maximum atomic E-state index is 12.1. The van der Waals surface area contributed by atoms with Crippen molar-refractivity contribution < 1.29 is 13.5 Å². The first-order valence-corrected chi connectivity index (χ1v) is 8.18. The molecule has 108 valence electrons. The van der Waals surface area contributed by atoms with Gasteiger partial charge in [0.25, 0.3) is 0 Å². The van der Waals surface area contributed by atoms with Gasteiger partial charge in [-0.05, 0) is 33.6 Å². The molecular formula is C12H14BrN3O3S. The Morgan fingerprint density at radius 1 is 1.40 bits per heavy atom. The number of hydrogen-bond acceptors (Lipinski definition) is 4. The van der Waals surface area contributed by atoms with Crippen molar-refractivity contribution in [3.63, 3.8) is 0 Å². The molecule has 8 heteroatoms. The van der Waals surface area contributed by atoms with Gasteiger partial charge in [-0.15, -0.1) is 0 Å². The van der Waals surface area contributed by atoms with Gasteiger partial charge in [0.15, 0.2) is 0 Å². The van der Waals surface area contributed by atoms with E-state index in [0.29, 0.717) is 16.5 Å². The molecule has 0 fully saturated rings. The molecule has 0 radical (unpaired) electrons. The van der Waals surface area contributed by atoms with Gasteiger partial charge >= 0.3 is 0 Å². The summed E-state index contributed by atoms with van der Waals surface area (Å²) in [6.07, 6.45) is 3.79. The highest BCUT2D eigenvalue weighted by molar-refractivity contribution is 9.10. The Kier molecular flexibility index (Phi) is 4.92. The van der Waals surface area contributed by atoms with Crippen molar-refractivity contribution in [2.24, 2.45) is 0 Å². The van der Waals surface area contributed by atoms with Gasteiger partial charge in [-0.25, -0.2) is 18.1 Å². The minimum absolute atomic E-state index is 0.134. The van der Waals surface area contributed by atoms with Crippen molar-refractivity contribution in [1.29, 1.82) is 0 Å². The number of benzene rings is 1. The normalized spacial score (nSPS) is 11.7. The van der Waals surface area contributed by atoms with Gasteiger partial charge in [0.1, 0.15) is 5.82 Å². The van der Waals surface area contributed by atoms with Crippen LogP contribution in [0.1, 0.15) is 11.4 Å². The fraction of sp³-hybridized carbons (Fsp3) is 0.250. The molecule has 0 saturated carbocycles. The molecule has 6 nitrogen and oxygen atoms in total. The Bertz CT molecular complexity index is 671. The van der Waals surface area contributed by atoms with Gasteiger partial charge in [0, 0.05) is 29.8 Å². The molecule has 1 aromatic heterocycles. The van der Waals surface area contributed by atoms with Crippen LogP contribution >= 0.6 is 15.9 Å². The molecule has 0 unspecified atom stereocenters. The summed E-state index contributed by atoms with van der Waals surface area (Å²) in [6, 6.07) is 4.62. The standard InChI is InChI=1S/C12H14BrN3O3S/c13-10-7-9(8-17)1-2-11(10)20(18,19)16-4-3-12-14-5-6-15-12/h1-2,5-7,16-17H,3-4,8H2,(H,14,15). The number of aliphatic hydroxyl groups excluding tert-OH is 1. The quantitative estimate of drug-likeness (QED) is 0.721. The summed E-state index contributed by atoms with van der Waals surface area (Å²) < 4.78 is 27.2. The molecule has 0 aliphatic heterocycles. The van der Waals surface area contributed by atoms with Crippen LogP contribution in [-0.2, 0) is 23.1 Å². The number of rotatable bonds is 6. The van der Waals surface area contributed by atoms with E-state index in [2.05, 4.69) is 30.6 Å². The van der Waals surface area contributed by atoms with E-state index in [1.807, 2.05) is 0 Å². The predicted octanol–water partition coefficient (Wildman–Crippen LogP) is 1.19. The lowest BCUT2D eigenvalue weighted by Crippen LogP contribution is -2.26.